The molecule has 0 saturated carbocycles. The molecule has 1 saturated heterocycles. The smallest absolute Gasteiger partial charge is 0.266 e. The van der Waals surface area contributed by atoms with E-state index in [2.05, 4.69) is 20.5 Å². The van der Waals surface area contributed by atoms with Crippen LogP contribution in [-0.2, 0) is 22.4 Å². The van der Waals surface area contributed by atoms with Gasteiger partial charge in [-0.3, -0.25) is 29.6 Å². The Labute approximate surface area is 137 Å². The van der Waals surface area contributed by atoms with E-state index < -0.39 is 11.1 Å². The number of carbonyl (C=O) groups excluding carboxylic acids is 1. The van der Waals surface area contributed by atoms with Gasteiger partial charge >= 0.3 is 0 Å². The van der Waals surface area contributed by atoms with Crippen molar-refractivity contribution in [3.8, 4) is 0 Å². The molecule has 126 valence electrons. The van der Waals surface area contributed by atoms with Gasteiger partial charge in [0.2, 0.25) is 5.91 Å². The van der Waals surface area contributed by atoms with E-state index in [1.54, 1.807) is 12.4 Å². The summed E-state index contributed by atoms with van der Waals surface area (Å²) in [7, 11) is 0. The standard InChI is InChI=1S/C16H18N4O4/c21-14(6-11-7-15(22)19-20-16(11)23)18-13-9-24-8-12(13)5-10-1-3-17-4-2-10/h1-4,7,12-13H,5-6,8-9H2,(H,18,21)(H,19,22)(H,20,23)/t12-,13+/m1/s1. The van der Waals surface area contributed by atoms with Gasteiger partial charge in [0.1, 0.15) is 0 Å². The third kappa shape index (κ3) is 3.96. The van der Waals surface area contributed by atoms with Crippen LogP contribution in [0.3, 0.4) is 0 Å². The van der Waals surface area contributed by atoms with E-state index >= 15 is 0 Å². The van der Waals surface area contributed by atoms with E-state index in [4.69, 9.17) is 4.74 Å². The molecule has 0 unspecified atom stereocenters. The zero-order valence-electron chi connectivity index (χ0n) is 13.0. The van der Waals surface area contributed by atoms with Gasteiger partial charge in [0.25, 0.3) is 11.1 Å². The first-order valence-electron chi connectivity index (χ1n) is 7.68. The molecule has 1 aliphatic rings. The predicted octanol–water partition coefficient (Wildman–Crippen LogP) is -0.625. The van der Waals surface area contributed by atoms with E-state index in [1.165, 1.54) is 0 Å². The molecule has 1 amide bonds. The molecular weight excluding hydrogens is 312 g/mol. The topological polar surface area (TPSA) is 117 Å². The molecule has 8 heteroatoms. The van der Waals surface area contributed by atoms with Gasteiger partial charge in [-0.15, -0.1) is 0 Å². The molecule has 2 aromatic heterocycles. The van der Waals surface area contributed by atoms with E-state index in [0.717, 1.165) is 18.1 Å². The highest BCUT2D eigenvalue weighted by molar-refractivity contribution is 5.78. The Morgan fingerprint density at radius 2 is 2.04 bits per heavy atom. The molecule has 0 bridgehead atoms. The van der Waals surface area contributed by atoms with Crippen molar-refractivity contribution in [1.82, 2.24) is 20.5 Å². The summed E-state index contributed by atoms with van der Waals surface area (Å²) in [6.07, 6.45) is 4.10. The van der Waals surface area contributed by atoms with Crippen LogP contribution in [0.5, 0.6) is 0 Å². The quantitative estimate of drug-likeness (QED) is 0.675. The summed E-state index contributed by atoms with van der Waals surface area (Å²) >= 11 is 0. The second-order valence-corrected chi connectivity index (χ2v) is 5.82. The Kier molecular flexibility index (Phi) is 4.85. The molecule has 3 rings (SSSR count). The molecule has 24 heavy (non-hydrogen) atoms. The summed E-state index contributed by atoms with van der Waals surface area (Å²) < 4.78 is 5.48. The van der Waals surface area contributed by atoms with Crippen LogP contribution in [0.15, 0.2) is 40.2 Å². The van der Waals surface area contributed by atoms with Crippen LogP contribution in [0.4, 0.5) is 0 Å². The Morgan fingerprint density at radius 3 is 2.83 bits per heavy atom. The summed E-state index contributed by atoms with van der Waals surface area (Å²) in [4.78, 5) is 39.0. The van der Waals surface area contributed by atoms with E-state index in [9.17, 15) is 14.4 Å². The summed E-state index contributed by atoms with van der Waals surface area (Å²) in [5, 5.41) is 7.28. The Bertz CT molecular complexity index is 815. The van der Waals surface area contributed by atoms with Crippen LogP contribution in [-0.4, -0.2) is 40.3 Å². The van der Waals surface area contributed by atoms with Gasteiger partial charge in [-0.25, -0.2) is 0 Å². The van der Waals surface area contributed by atoms with E-state index in [1.807, 2.05) is 12.1 Å². The minimum absolute atomic E-state index is 0.119. The van der Waals surface area contributed by atoms with E-state index in [0.29, 0.717) is 13.2 Å². The third-order valence-corrected chi connectivity index (χ3v) is 4.04. The number of pyridine rings is 1. The summed E-state index contributed by atoms with van der Waals surface area (Å²) in [6.45, 7) is 1.01. The van der Waals surface area contributed by atoms with Crippen LogP contribution in [0, 0.1) is 5.92 Å². The van der Waals surface area contributed by atoms with Gasteiger partial charge < -0.3 is 10.1 Å². The number of hydrogen-bond acceptors (Lipinski definition) is 5. The average molecular weight is 330 g/mol. The lowest BCUT2D eigenvalue weighted by Crippen LogP contribution is -2.42. The maximum atomic E-state index is 12.2. The second kappa shape index (κ2) is 7.22. The summed E-state index contributed by atoms with van der Waals surface area (Å²) in [5.74, 6) is -0.143. The third-order valence-electron chi connectivity index (χ3n) is 4.04. The maximum Gasteiger partial charge on any atom is 0.266 e. The fraction of sp³-hybridized carbons (Fsp3) is 0.375. The van der Waals surface area contributed by atoms with Crippen LogP contribution in [0.2, 0.25) is 0 Å². The second-order valence-electron chi connectivity index (χ2n) is 5.82. The van der Waals surface area contributed by atoms with Gasteiger partial charge in [0.05, 0.1) is 25.7 Å². The van der Waals surface area contributed by atoms with Crippen molar-refractivity contribution in [2.45, 2.75) is 18.9 Å². The first-order chi connectivity index (χ1) is 11.6. The molecule has 0 aromatic carbocycles. The lowest BCUT2D eigenvalue weighted by Gasteiger charge is -2.19. The minimum atomic E-state index is -0.472. The first-order valence-corrected chi connectivity index (χ1v) is 7.68. The molecule has 1 aliphatic heterocycles. The molecule has 0 radical (unpaired) electrons. The zero-order chi connectivity index (χ0) is 16.9. The van der Waals surface area contributed by atoms with Gasteiger partial charge in [-0.2, -0.15) is 0 Å². The molecule has 2 atom stereocenters. The highest BCUT2D eigenvalue weighted by Crippen LogP contribution is 2.19. The van der Waals surface area contributed by atoms with Crippen molar-refractivity contribution in [2.24, 2.45) is 5.92 Å². The number of nitrogens with zero attached hydrogens (tertiary/aromatic N) is 1. The van der Waals surface area contributed by atoms with Crippen molar-refractivity contribution in [2.75, 3.05) is 13.2 Å². The zero-order valence-corrected chi connectivity index (χ0v) is 13.0. The highest BCUT2D eigenvalue weighted by atomic mass is 16.5. The average Bonchev–Trinajstić information content (AvgIpc) is 2.99. The van der Waals surface area contributed by atoms with Crippen molar-refractivity contribution in [1.29, 1.82) is 0 Å². The predicted molar refractivity (Wildman–Crippen MR) is 85.6 cm³/mol. The summed E-state index contributed by atoms with van der Waals surface area (Å²) in [6, 6.07) is 4.89. The van der Waals surface area contributed by atoms with Gasteiger partial charge in [0.15, 0.2) is 0 Å². The first kappa shape index (κ1) is 16.1. The number of ether oxygens (including phenoxy) is 1. The number of aromatic nitrogens is 3. The maximum absolute atomic E-state index is 12.2. The lowest BCUT2D eigenvalue weighted by atomic mass is 9.95. The van der Waals surface area contributed by atoms with Crippen LogP contribution in [0.1, 0.15) is 11.1 Å². The Hall–Kier alpha value is -2.74. The number of rotatable bonds is 5. The number of nitrogens with one attached hydrogen (secondary N) is 3. The molecule has 3 heterocycles. The normalized spacial score (nSPS) is 20.0. The van der Waals surface area contributed by atoms with Gasteiger partial charge in [0, 0.05) is 29.9 Å². The number of carbonyl (C=O) groups is 1. The Balaban J connectivity index is 1.62. The van der Waals surface area contributed by atoms with Crippen LogP contribution >= 0.6 is 0 Å². The fourth-order valence-corrected chi connectivity index (χ4v) is 2.80. The SMILES string of the molecule is O=C(Cc1cc(=O)[nH][nH]c1=O)N[C@H]1COC[C@H]1Cc1ccncc1. The number of aromatic amines is 2. The molecule has 0 spiro atoms. The van der Waals surface area contributed by atoms with Crippen LogP contribution < -0.4 is 16.4 Å². The lowest BCUT2D eigenvalue weighted by molar-refractivity contribution is -0.121. The summed E-state index contributed by atoms with van der Waals surface area (Å²) in [5.41, 5.74) is 0.351. The molecule has 8 nitrogen and oxygen atoms in total. The van der Waals surface area contributed by atoms with Crippen molar-refractivity contribution in [3.05, 3.63) is 62.4 Å². The number of amides is 1. The van der Waals surface area contributed by atoms with Crippen molar-refractivity contribution < 1.29 is 9.53 Å². The van der Waals surface area contributed by atoms with Crippen molar-refractivity contribution in [3.63, 3.8) is 0 Å². The molecular formula is C16H18N4O4. The van der Waals surface area contributed by atoms with Gasteiger partial charge in [-0.05, 0) is 24.1 Å². The van der Waals surface area contributed by atoms with Gasteiger partial charge in [-0.1, -0.05) is 0 Å². The number of H-pyrrole nitrogens is 2. The molecule has 2 aromatic rings. The largest absolute Gasteiger partial charge is 0.379 e. The molecule has 0 aliphatic carbocycles. The van der Waals surface area contributed by atoms with Crippen molar-refractivity contribution >= 4 is 5.91 Å². The monoisotopic (exact) mass is 330 g/mol. The fourth-order valence-electron chi connectivity index (χ4n) is 2.80. The number of hydrogen-bond donors (Lipinski definition) is 3. The minimum Gasteiger partial charge on any atom is -0.379 e. The molecule has 1 fully saturated rings. The highest BCUT2D eigenvalue weighted by Gasteiger charge is 2.29. The molecule has 3 N–H and O–H groups in total. The van der Waals surface area contributed by atoms with E-state index in [-0.39, 0.29) is 29.9 Å². The Morgan fingerprint density at radius 1 is 1.25 bits per heavy atom. The van der Waals surface area contributed by atoms with Crippen LogP contribution in [0.25, 0.3) is 0 Å².